The van der Waals surface area contributed by atoms with E-state index in [4.69, 9.17) is 15.6 Å². The first-order valence-corrected chi connectivity index (χ1v) is 11.4. The summed E-state index contributed by atoms with van der Waals surface area (Å²) in [5.41, 5.74) is 10.2. The Morgan fingerprint density at radius 3 is 2.74 bits per heavy atom. The second-order valence-corrected chi connectivity index (χ2v) is 9.40. The van der Waals surface area contributed by atoms with Crippen molar-refractivity contribution in [1.29, 1.82) is 0 Å². The van der Waals surface area contributed by atoms with Crippen molar-refractivity contribution in [2.45, 2.75) is 51.3 Å². The summed E-state index contributed by atoms with van der Waals surface area (Å²) in [6.45, 7) is 1.05. The van der Waals surface area contributed by atoms with E-state index in [1.807, 2.05) is 29.5 Å². The summed E-state index contributed by atoms with van der Waals surface area (Å²) in [6, 6.07) is 3.48. The van der Waals surface area contributed by atoms with Crippen molar-refractivity contribution in [1.82, 2.24) is 19.7 Å². The molecule has 2 N–H and O–H groups in total. The van der Waals surface area contributed by atoms with Crippen molar-refractivity contribution in [3.05, 3.63) is 29.6 Å². The van der Waals surface area contributed by atoms with E-state index in [0.717, 1.165) is 18.5 Å². The van der Waals surface area contributed by atoms with Gasteiger partial charge in [0.15, 0.2) is 11.6 Å². The predicted molar refractivity (Wildman–Crippen MR) is 118 cm³/mol. The number of rotatable bonds is 6. The van der Waals surface area contributed by atoms with E-state index >= 15 is 0 Å². The molecule has 0 bridgehead atoms. The third kappa shape index (κ3) is 4.38. The number of ether oxygens (including phenoxy) is 2. The van der Waals surface area contributed by atoms with Crippen molar-refractivity contribution in [3.63, 3.8) is 0 Å². The normalized spacial score (nSPS) is 24.6. The van der Waals surface area contributed by atoms with Gasteiger partial charge in [-0.25, -0.2) is 13.8 Å². The highest BCUT2D eigenvalue weighted by Gasteiger charge is 2.49. The highest BCUT2D eigenvalue weighted by molar-refractivity contribution is 5.87. The SMILES string of the molecule is CC(C)n1nc(-c2cnc(N)c(OC(F)F)c2)cc1C1=C2CC(N3CCOCC(F)(F)C3)C[C@H]21. The van der Waals surface area contributed by atoms with Crippen LogP contribution in [0.4, 0.5) is 23.4 Å². The lowest BCUT2D eigenvalue weighted by molar-refractivity contribution is -0.0715. The van der Waals surface area contributed by atoms with Gasteiger partial charge in [0.25, 0.3) is 5.92 Å². The van der Waals surface area contributed by atoms with Crippen LogP contribution in [-0.4, -0.2) is 64.5 Å². The standard InChI is InChI=1S/C23H27F4N5O2/c1-12(2)32-18(8-17(30-32)13-5-19(34-22(24)25)21(28)29-9-13)20-15-6-14(7-16(15)20)31-3-4-33-11-23(26,27)10-31/h5,8-9,12,14-15,22H,3-4,6-7,10-11H2,1-2H3,(H2,28,29)/t14?,15-/m1/s1. The van der Waals surface area contributed by atoms with Gasteiger partial charge in [-0.2, -0.15) is 13.9 Å². The van der Waals surface area contributed by atoms with Gasteiger partial charge in [-0.15, -0.1) is 0 Å². The first kappa shape index (κ1) is 23.1. The monoisotopic (exact) mass is 481 g/mol. The number of aromatic nitrogens is 3. The molecule has 7 nitrogen and oxygen atoms in total. The van der Waals surface area contributed by atoms with E-state index in [-0.39, 0.29) is 36.1 Å². The molecule has 1 saturated carbocycles. The number of nitrogen functional groups attached to an aromatic ring is 1. The maximum absolute atomic E-state index is 14.0. The predicted octanol–water partition coefficient (Wildman–Crippen LogP) is 4.22. The molecule has 1 unspecified atom stereocenters. The number of pyridine rings is 1. The van der Waals surface area contributed by atoms with Gasteiger partial charge in [0, 0.05) is 36.3 Å². The average molecular weight is 481 g/mol. The molecule has 2 atom stereocenters. The van der Waals surface area contributed by atoms with Crippen molar-refractivity contribution in [3.8, 4) is 17.0 Å². The molecular weight excluding hydrogens is 454 g/mol. The van der Waals surface area contributed by atoms with Crippen LogP contribution in [0.25, 0.3) is 16.8 Å². The fraction of sp³-hybridized carbons (Fsp3) is 0.565. The number of halogens is 4. The summed E-state index contributed by atoms with van der Waals surface area (Å²) in [5, 5.41) is 4.69. The fourth-order valence-corrected chi connectivity index (χ4v) is 5.12. The molecule has 0 aromatic carbocycles. The Morgan fingerprint density at radius 1 is 1.26 bits per heavy atom. The molecule has 2 fully saturated rings. The molecule has 34 heavy (non-hydrogen) atoms. The molecule has 3 aliphatic rings. The maximum Gasteiger partial charge on any atom is 0.387 e. The van der Waals surface area contributed by atoms with Crippen LogP contribution in [0.15, 0.2) is 23.9 Å². The van der Waals surface area contributed by atoms with Crippen molar-refractivity contribution in [2.75, 3.05) is 32.0 Å². The average Bonchev–Trinajstić information content (AvgIpc) is 3.09. The Balaban J connectivity index is 1.39. The van der Waals surface area contributed by atoms with Gasteiger partial charge in [-0.1, -0.05) is 5.57 Å². The second-order valence-electron chi connectivity index (χ2n) is 9.40. The number of nitrogens with two attached hydrogens (primary N) is 1. The van der Waals surface area contributed by atoms with Crippen molar-refractivity contribution in [2.24, 2.45) is 5.92 Å². The van der Waals surface area contributed by atoms with E-state index in [9.17, 15) is 17.6 Å². The van der Waals surface area contributed by atoms with Gasteiger partial charge in [-0.05, 0) is 44.4 Å². The van der Waals surface area contributed by atoms with Crippen LogP contribution in [-0.2, 0) is 4.74 Å². The summed E-state index contributed by atoms with van der Waals surface area (Å²) in [4.78, 5) is 5.83. The van der Waals surface area contributed by atoms with Crippen LogP contribution in [0.3, 0.4) is 0 Å². The molecule has 1 aliphatic heterocycles. The Kier molecular flexibility index (Phi) is 5.79. The zero-order valence-electron chi connectivity index (χ0n) is 19.0. The van der Waals surface area contributed by atoms with Crippen molar-refractivity contribution < 1.29 is 27.0 Å². The zero-order chi connectivity index (χ0) is 24.2. The molecule has 2 aromatic heterocycles. The zero-order valence-corrected chi connectivity index (χ0v) is 19.0. The van der Waals surface area contributed by atoms with E-state index < -0.39 is 19.1 Å². The molecule has 0 amide bonds. The largest absolute Gasteiger partial charge is 0.431 e. The number of alkyl halides is 4. The molecular formula is C23H27F4N5O2. The lowest BCUT2D eigenvalue weighted by Gasteiger charge is -2.29. The highest BCUT2D eigenvalue weighted by Crippen LogP contribution is 2.58. The van der Waals surface area contributed by atoms with Gasteiger partial charge >= 0.3 is 6.61 Å². The van der Waals surface area contributed by atoms with Crippen molar-refractivity contribution >= 4 is 11.4 Å². The van der Waals surface area contributed by atoms with Crippen LogP contribution >= 0.6 is 0 Å². The second kappa shape index (κ2) is 8.53. The summed E-state index contributed by atoms with van der Waals surface area (Å²) in [6.07, 6.45) is 3.03. The molecule has 3 heterocycles. The molecule has 0 spiro atoms. The van der Waals surface area contributed by atoms with Gasteiger partial charge in [0.05, 0.1) is 24.5 Å². The summed E-state index contributed by atoms with van der Waals surface area (Å²) in [7, 11) is 0. The summed E-state index contributed by atoms with van der Waals surface area (Å²) in [5.74, 6) is -2.89. The lowest BCUT2D eigenvalue weighted by Crippen LogP contribution is -2.42. The number of nitrogens with zero attached hydrogens (tertiary/aromatic N) is 4. The van der Waals surface area contributed by atoms with Gasteiger partial charge < -0.3 is 15.2 Å². The molecule has 2 aliphatic carbocycles. The van der Waals surface area contributed by atoms with E-state index in [0.29, 0.717) is 24.4 Å². The molecule has 2 aromatic rings. The highest BCUT2D eigenvalue weighted by atomic mass is 19.3. The Hall–Kier alpha value is -2.66. The number of hydrogen-bond acceptors (Lipinski definition) is 6. The molecule has 184 valence electrons. The van der Waals surface area contributed by atoms with E-state index in [1.54, 1.807) is 0 Å². The minimum Gasteiger partial charge on any atom is -0.431 e. The molecule has 11 heteroatoms. The molecule has 1 saturated heterocycles. The number of allylic oxidation sites excluding steroid dienone is 1. The molecule has 0 radical (unpaired) electrons. The van der Waals surface area contributed by atoms with E-state index in [1.165, 1.54) is 23.4 Å². The minimum absolute atomic E-state index is 0.0638. The summed E-state index contributed by atoms with van der Waals surface area (Å²) < 4.78 is 64.8. The van der Waals surface area contributed by atoms with Crippen LogP contribution < -0.4 is 10.5 Å². The third-order valence-electron chi connectivity index (χ3n) is 6.68. The quantitative estimate of drug-likeness (QED) is 0.623. The topological polar surface area (TPSA) is 78.4 Å². The van der Waals surface area contributed by atoms with Gasteiger partial charge in [0.1, 0.15) is 6.61 Å². The van der Waals surface area contributed by atoms with E-state index in [2.05, 4.69) is 9.72 Å². The minimum atomic E-state index is -3.01. The Morgan fingerprint density at radius 2 is 2.06 bits per heavy atom. The van der Waals surface area contributed by atoms with Crippen LogP contribution in [0.5, 0.6) is 5.75 Å². The number of anilines is 1. The third-order valence-corrected chi connectivity index (χ3v) is 6.68. The van der Waals surface area contributed by atoms with Gasteiger partial charge in [-0.3, -0.25) is 9.58 Å². The maximum atomic E-state index is 14.0. The van der Waals surface area contributed by atoms with Crippen LogP contribution in [0.2, 0.25) is 0 Å². The molecule has 5 rings (SSSR count). The Labute approximate surface area is 194 Å². The van der Waals surface area contributed by atoms with Gasteiger partial charge in [0.2, 0.25) is 0 Å². The lowest BCUT2D eigenvalue weighted by atomic mass is 10.1. The Bertz CT molecular complexity index is 1120. The first-order valence-electron chi connectivity index (χ1n) is 11.4. The van der Waals surface area contributed by atoms with Crippen LogP contribution in [0, 0.1) is 5.92 Å². The smallest absolute Gasteiger partial charge is 0.387 e. The first-order chi connectivity index (χ1) is 16.1. The van der Waals surface area contributed by atoms with Crippen LogP contribution in [0.1, 0.15) is 38.4 Å². The number of hydrogen-bond donors (Lipinski definition) is 1. The number of fused-ring (bicyclic) bond motifs is 1. The fourth-order valence-electron chi connectivity index (χ4n) is 5.12. The summed E-state index contributed by atoms with van der Waals surface area (Å²) >= 11 is 0.